The smallest absolute Gasteiger partial charge is 0.263 e. The lowest BCUT2D eigenvalue weighted by atomic mass is 9.94. The van der Waals surface area contributed by atoms with Crippen LogP contribution in [0.2, 0.25) is 0 Å². The molecule has 3 atom stereocenters. The molecular weight excluding hydrogens is 779 g/mol. The van der Waals surface area contributed by atoms with Crippen LogP contribution in [0.1, 0.15) is 187 Å². The van der Waals surface area contributed by atoms with E-state index in [1.807, 2.05) is 27.7 Å². The van der Waals surface area contributed by atoms with Crippen molar-refractivity contribution >= 4 is 57.4 Å². The summed E-state index contributed by atoms with van der Waals surface area (Å²) in [6.45, 7) is 21.6. The summed E-state index contributed by atoms with van der Waals surface area (Å²) in [5.41, 5.74) is 17.5. The molecule has 0 aliphatic carbocycles. The molecule has 0 radical (unpaired) electrons. The number of nitrogens with two attached hydrogens (primary N) is 3. The van der Waals surface area contributed by atoms with E-state index in [-0.39, 0.29) is 35.3 Å². The van der Waals surface area contributed by atoms with Crippen molar-refractivity contribution in [2.24, 2.45) is 29.0 Å². The number of thiazole rings is 3. The zero-order valence-electron chi connectivity index (χ0n) is 35.9. The first-order chi connectivity index (χ1) is 26.6. The Labute approximate surface area is 351 Å². The number of hydrogen-bond acceptors (Lipinski definition) is 14. The van der Waals surface area contributed by atoms with Gasteiger partial charge in [-0.25, -0.2) is 15.0 Å². The molecule has 0 spiro atoms. The minimum absolute atomic E-state index is 0.0215. The number of carbonyl (C=O) groups excluding carboxylic acids is 4. The number of aromatic nitrogens is 3. The van der Waals surface area contributed by atoms with E-state index < -0.39 is 23.2 Å². The van der Waals surface area contributed by atoms with E-state index in [1.54, 1.807) is 20.8 Å². The molecular formula is C41H67N9O4S3. The van der Waals surface area contributed by atoms with Gasteiger partial charge in [0, 0.05) is 6.42 Å². The van der Waals surface area contributed by atoms with E-state index in [1.165, 1.54) is 34.0 Å². The van der Waals surface area contributed by atoms with E-state index in [2.05, 4.69) is 43.6 Å². The molecule has 57 heavy (non-hydrogen) atoms. The van der Waals surface area contributed by atoms with Crippen LogP contribution < -0.4 is 33.2 Å². The maximum Gasteiger partial charge on any atom is 0.263 e. The Morgan fingerprint density at radius 1 is 0.702 bits per heavy atom. The first-order valence-corrected chi connectivity index (χ1v) is 22.6. The van der Waals surface area contributed by atoms with Gasteiger partial charge in [-0.2, -0.15) is 0 Å². The van der Waals surface area contributed by atoms with E-state index in [9.17, 15) is 19.2 Å². The molecule has 3 rings (SSSR count). The number of nitrogens with zero attached hydrogens (tertiary/aromatic N) is 3. The maximum absolute atomic E-state index is 14.4. The molecule has 16 heteroatoms. The fourth-order valence-corrected chi connectivity index (χ4v) is 9.71. The largest absolute Gasteiger partial charge is 0.343 e. The molecule has 0 fully saturated rings. The number of hydrogen-bond donors (Lipinski definition) is 6. The Hall–Kier alpha value is -2.99. The van der Waals surface area contributed by atoms with Gasteiger partial charge in [-0.05, 0) is 112 Å². The van der Waals surface area contributed by atoms with Gasteiger partial charge >= 0.3 is 0 Å². The molecule has 0 aromatic carbocycles. The summed E-state index contributed by atoms with van der Waals surface area (Å²) < 4.78 is 0. The van der Waals surface area contributed by atoms with Crippen LogP contribution in [0.15, 0.2) is 0 Å². The number of nitrogens with one attached hydrogen (secondary N) is 3. The Bertz CT molecular complexity index is 1820. The summed E-state index contributed by atoms with van der Waals surface area (Å²) in [6, 6.07) is -1.59. The second kappa shape index (κ2) is 21.3. The molecule has 318 valence electrons. The summed E-state index contributed by atoms with van der Waals surface area (Å²) in [4.78, 5) is 70.9. The molecule has 0 unspecified atom stereocenters. The van der Waals surface area contributed by atoms with E-state index in [0.29, 0.717) is 81.4 Å². The van der Waals surface area contributed by atoms with Crippen LogP contribution in [-0.2, 0) is 17.6 Å². The molecule has 9 N–H and O–H groups in total. The molecule has 0 bridgehead atoms. The number of carbonyl (C=O) groups is 4. The van der Waals surface area contributed by atoms with Gasteiger partial charge in [0.25, 0.3) is 11.8 Å². The highest BCUT2D eigenvalue weighted by molar-refractivity contribution is 7.14. The summed E-state index contributed by atoms with van der Waals surface area (Å²) in [5, 5.41) is 12.2. The summed E-state index contributed by atoms with van der Waals surface area (Å²) in [7, 11) is 0. The Morgan fingerprint density at radius 3 is 1.84 bits per heavy atom. The first-order valence-electron chi connectivity index (χ1n) is 20.2. The lowest BCUT2D eigenvalue weighted by molar-refractivity contribution is -0.122. The van der Waals surface area contributed by atoms with Crippen molar-refractivity contribution in [3.63, 3.8) is 0 Å². The maximum atomic E-state index is 14.4. The second-order valence-electron chi connectivity index (χ2n) is 17.0. The van der Waals surface area contributed by atoms with Crippen LogP contribution in [0.3, 0.4) is 0 Å². The van der Waals surface area contributed by atoms with Crippen molar-refractivity contribution in [3.05, 3.63) is 46.7 Å². The highest BCUT2D eigenvalue weighted by Gasteiger charge is 2.35. The second-order valence-corrected chi connectivity index (χ2v) is 20.4. The van der Waals surface area contributed by atoms with Crippen LogP contribution in [0.25, 0.3) is 0 Å². The molecule has 0 aliphatic rings. The van der Waals surface area contributed by atoms with Crippen LogP contribution in [0.5, 0.6) is 0 Å². The number of ketones is 2. The number of unbranched alkanes of at least 4 members (excludes halogenated alkanes) is 2. The van der Waals surface area contributed by atoms with Crippen molar-refractivity contribution < 1.29 is 19.2 Å². The zero-order chi connectivity index (χ0) is 42.8. The van der Waals surface area contributed by atoms with Crippen LogP contribution in [0, 0.1) is 18.8 Å². The van der Waals surface area contributed by atoms with Crippen molar-refractivity contribution in [1.82, 2.24) is 30.9 Å². The van der Waals surface area contributed by atoms with Crippen LogP contribution in [-0.4, -0.2) is 62.5 Å². The first kappa shape index (κ1) is 48.4. The SMILES string of the molecule is CC(=O)C(C)(C)N[C@@H](CCCCN)c1nc(CC(C)C)sc1C(=O)N[C@@H](C)c1nc(CCCCN)sc1C(=O)N[C@@H](CC(C)C)c1nc(C)sc1C(=O)C(C)(C)N. The number of rotatable bonds is 24. The quantitative estimate of drug-likeness (QED) is 0.0402. The Balaban J connectivity index is 2.06. The van der Waals surface area contributed by atoms with Crippen molar-refractivity contribution in [3.8, 4) is 0 Å². The topological polar surface area (TPSA) is 221 Å². The molecule has 3 aromatic heterocycles. The fourth-order valence-electron chi connectivity index (χ4n) is 6.28. The number of amides is 2. The van der Waals surface area contributed by atoms with Gasteiger partial charge in [0.15, 0.2) is 5.78 Å². The normalized spacial score (nSPS) is 13.9. The molecule has 2 amide bonds. The minimum Gasteiger partial charge on any atom is -0.343 e. The summed E-state index contributed by atoms with van der Waals surface area (Å²) >= 11 is 3.94. The van der Waals surface area contributed by atoms with Gasteiger partial charge in [0.1, 0.15) is 15.5 Å². The third kappa shape index (κ3) is 13.8. The van der Waals surface area contributed by atoms with E-state index >= 15 is 0 Å². The monoisotopic (exact) mass is 845 g/mol. The molecule has 0 saturated heterocycles. The number of aryl methyl sites for hydroxylation is 2. The fraction of sp³-hybridized carbons (Fsp3) is 0.683. The molecule has 0 aliphatic heterocycles. The lowest BCUT2D eigenvalue weighted by Crippen LogP contribution is -2.47. The molecule has 0 saturated carbocycles. The van der Waals surface area contributed by atoms with Gasteiger partial charge in [-0.3, -0.25) is 24.5 Å². The third-order valence-electron chi connectivity index (χ3n) is 9.58. The average Bonchev–Trinajstić information content (AvgIpc) is 3.83. The average molecular weight is 846 g/mol. The predicted molar refractivity (Wildman–Crippen MR) is 233 cm³/mol. The van der Waals surface area contributed by atoms with Crippen LogP contribution >= 0.6 is 34.0 Å². The van der Waals surface area contributed by atoms with Gasteiger partial charge in [0.2, 0.25) is 0 Å². The molecule has 13 nitrogen and oxygen atoms in total. The van der Waals surface area contributed by atoms with Crippen LogP contribution in [0.4, 0.5) is 0 Å². The Kier molecular flexibility index (Phi) is 18.1. The summed E-state index contributed by atoms with van der Waals surface area (Å²) in [6.07, 6.45) is 5.71. The third-order valence-corrected chi connectivity index (χ3v) is 12.8. The Morgan fingerprint density at radius 2 is 1.26 bits per heavy atom. The van der Waals surface area contributed by atoms with Gasteiger partial charge in [-0.1, -0.05) is 34.1 Å². The van der Waals surface area contributed by atoms with Gasteiger partial charge < -0.3 is 27.8 Å². The standard InChI is InChI=1S/C41H67N9O4S3/c1-22(2)20-28(33-34(55-26(7)46-33)37(52)40(8,9)44)47-39(54)35-31(48-29(56-35)17-13-15-19-43)24(5)45-38(53)36-32(49-30(57-36)21-23(3)4)27(16-12-14-18-42)50-41(10,11)25(6)51/h22-24,27-28,50H,12-21,42-44H2,1-11H3,(H,45,53)(H,47,54)/t24-,27-,28-/m0/s1. The summed E-state index contributed by atoms with van der Waals surface area (Å²) in [5.74, 6) is -0.461. The highest BCUT2D eigenvalue weighted by Crippen LogP contribution is 2.34. The van der Waals surface area contributed by atoms with Crippen molar-refractivity contribution in [2.45, 2.75) is 157 Å². The highest BCUT2D eigenvalue weighted by atomic mass is 32.1. The molecule has 3 aromatic rings. The van der Waals surface area contributed by atoms with E-state index in [0.717, 1.165) is 35.7 Å². The minimum atomic E-state index is -1.12. The zero-order valence-corrected chi connectivity index (χ0v) is 38.3. The number of Topliss-reactive ketones (excluding diaryl/α,β-unsaturated/α-hetero) is 2. The lowest BCUT2D eigenvalue weighted by Gasteiger charge is -2.29. The van der Waals surface area contributed by atoms with Gasteiger partial charge in [-0.15, -0.1) is 34.0 Å². The van der Waals surface area contributed by atoms with Gasteiger partial charge in [0.05, 0.1) is 66.2 Å². The van der Waals surface area contributed by atoms with Crippen molar-refractivity contribution in [1.29, 1.82) is 0 Å². The van der Waals surface area contributed by atoms with E-state index in [4.69, 9.17) is 32.2 Å². The van der Waals surface area contributed by atoms with Crippen molar-refractivity contribution in [2.75, 3.05) is 13.1 Å². The predicted octanol–water partition coefficient (Wildman–Crippen LogP) is 6.90. The molecule has 3 heterocycles.